The van der Waals surface area contributed by atoms with Gasteiger partial charge in [0.15, 0.2) is 0 Å². The Morgan fingerprint density at radius 2 is 1.00 bits per heavy atom. The summed E-state index contributed by atoms with van der Waals surface area (Å²) in [6.45, 7) is 8.74. The van der Waals surface area contributed by atoms with E-state index in [1.165, 1.54) is 94.7 Å². The zero-order valence-electron chi connectivity index (χ0n) is 14.8. The maximum Gasteiger partial charge on any atom is 0.0792 e. The highest BCUT2D eigenvalue weighted by atomic mass is 127. The third-order valence-electron chi connectivity index (χ3n) is 4.43. The van der Waals surface area contributed by atoms with Crippen LogP contribution in [-0.2, 0) is 0 Å². The van der Waals surface area contributed by atoms with Crippen LogP contribution in [0.15, 0.2) is 0 Å². The van der Waals surface area contributed by atoms with E-state index in [9.17, 15) is 0 Å². The molecule has 0 aliphatic rings. The van der Waals surface area contributed by atoms with Crippen LogP contribution in [-0.4, -0.2) is 36.5 Å². The third kappa shape index (κ3) is 15.8. The monoisotopic (exact) mass is 475 g/mol. The zero-order valence-corrected chi connectivity index (χ0v) is 18.6. The van der Waals surface area contributed by atoms with Gasteiger partial charge < -0.3 is 28.5 Å². The molecule has 21 heavy (non-hydrogen) atoms. The van der Waals surface area contributed by atoms with Crippen molar-refractivity contribution >= 4 is 15.9 Å². The van der Waals surface area contributed by atoms with Crippen LogP contribution in [0, 0.1) is 0 Å². The smallest absolute Gasteiger partial charge is 0.0792 e. The Balaban J connectivity index is 0. The molecule has 1 nitrogen and oxygen atoms in total. The molecule has 0 N–H and O–H groups in total. The van der Waals surface area contributed by atoms with Crippen molar-refractivity contribution in [3.05, 3.63) is 0 Å². The van der Waals surface area contributed by atoms with Gasteiger partial charge in [0, 0.05) is 11.8 Å². The fraction of sp³-hybridized carbons (Fsp3) is 1.00. The highest BCUT2D eigenvalue weighted by Gasteiger charge is 2.19. The summed E-state index contributed by atoms with van der Waals surface area (Å²) in [6.07, 6.45) is 15.5. The summed E-state index contributed by atoms with van der Waals surface area (Å²) in [5.74, 6) is 0. The first kappa shape index (κ1) is 24.4. The van der Waals surface area contributed by atoms with Crippen molar-refractivity contribution in [2.75, 3.05) is 32.0 Å². The SMILES string of the molecule is CCCCCCC[N+](C)(CCCBr)CCCCCCC.[I-]. The molecule has 0 saturated carbocycles. The minimum Gasteiger partial charge on any atom is -1.00 e. The molecule has 3 heteroatoms. The quantitative estimate of drug-likeness (QED) is 0.148. The molecule has 0 aromatic carbocycles. The topological polar surface area (TPSA) is 0 Å². The van der Waals surface area contributed by atoms with E-state index in [1.807, 2.05) is 0 Å². The van der Waals surface area contributed by atoms with E-state index in [0.29, 0.717) is 0 Å². The molecular formula is C18H39BrIN. The lowest BCUT2D eigenvalue weighted by Gasteiger charge is -2.35. The number of quaternary nitrogens is 1. The molecule has 0 aliphatic heterocycles. The fourth-order valence-electron chi connectivity index (χ4n) is 2.97. The molecular weight excluding hydrogens is 437 g/mol. The van der Waals surface area contributed by atoms with Gasteiger partial charge in [-0.25, -0.2) is 0 Å². The molecule has 0 amide bonds. The molecule has 0 aromatic heterocycles. The van der Waals surface area contributed by atoms with Crippen LogP contribution in [0.2, 0.25) is 0 Å². The number of rotatable bonds is 15. The molecule has 0 unspecified atom stereocenters. The van der Waals surface area contributed by atoms with Crippen LogP contribution in [0.1, 0.15) is 84.5 Å². The maximum absolute atomic E-state index is 3.60. The van der Waals surface area contributed by atoms with Crippen LogP contribution >= 0.6 is 15.9 Å². The molecule has 0 radical (unpaired) electrons. The molecule has 0 fully saturated rings. The Kier molecular flexibility index (Phi) is 20.4. The molecule has 0 rings (SSSR count). The number of nitrogens with zero attached hydrogens (tertiary/aromatic N) is 1. The Morgan fingerprint density at radius 3 is 1.38 bits per heavy atom. The average Bonchev–Trinajstić information content (AvgIpc) is 2.45. The van der Waals surface area contributed by atoms with Gasteiger partial charge in [0.1, 0.15) is 0 Å². The van der Waals surface area contributed by atoms with E-state index >= 15 is 0 Å². The lowest BCUT2D eigenvalue weighted by atomic mass is 10.1. The van der Waals surface area contributed by atoms with Crippen LogP contribution in [0.25, 0.3) is 0 Å². The van der Waals surface area contributed by atoms with Gasteiger partial charge in [0.2, 0.25) is 0 Å². The molecule has 0 spiro atoms. The van der Waals surface area contributed by atoms with Crippen molar-refractivity contribution in [1.29, 1.82) is 0 Å². The minimum absolute atomic E-state index is 0. The predicted molar refractivity (Wildman–Crippen MR) is 96.7 cm³/mol. The van der Waals surface area contributed by atoms with E-state index in [-0.39, 0.29) is 24.0 Å². The van der Waals surface area contributed by atoms with Gasteiger partial charge in [-0.3, -0.25) is 0 Å². The lowest BCUT2D eigenvalue weighted by molar-refractivity contribution is -0.910. The summed E-state index contributed by atoms with van der Waals surface area (Å²) >= 11 is 3.60. The summed E-state index contributed by atoms with van der Waals surface area (Å²) in [4.78, 5) is 0. The number of hydrogen-bond acceptors (Lipinski definition) is 0. The summed E-state index contributed by atoms with van der Waals surface area (Å²) in [6, 6.07) is 0. The molecule has 0 heterocycles. The number of hydrogen-bond donors (Lipinski definition) is 0. The lowest BCUT2D eigenvalue weighted by Crippen LogP contribution is -3.00. The van der Waals surface area contributed by atoms with Crippen molar-refractivity contribution in [3.63, 3.8) is 0 Å². The minimum atomic E-state index is 0. The number of unbranched alkanes of at least 4 members (excludes halogenated alkanes) is 8. The second-order valence-electron chi connectivity index (χ2n) is 6.66. The first-order valence-corrected chi connectivity index (χ1v) is 10.2. The summed E-state index contributed by atoms with van der Waals surface area (Å²) < 4.78 is 1.31. The standard InChI is InChI=1S/C18H39BrN.HI/c1-4-6-8-10-12-16-20(3,18-14-15-19)17-13-11-9-7-5-2;/h4-18H2,1-3H3;1H/q+1;/p-1. The number of alkyl halides is 1. The fourth-order valence-corrected chi connectivity index (χ4v) is 3.22. The van der Waals surface area contributed by atoms with E-state index in [4.69, 9.17) is 0 Å². The van der Waals surface area contributed by atoms with Gasteiger partial charge in [-0.05, 0) is 25.7 Å². The Labute approximate surface area is 160 Å². The zero-order chi connectivity index (χ0) is 15.1. The van der Waals surface area contributed by atoms with Gasteiger partial charge in [-0.2, -0.15) is 0 Å². The second-order valence-corrected chi connectivity index (χ2v) is 7.45. The maximum atomic E-state index is 3.60. The van der Waals surface area contributed by atoms with Gasteiger partial charge >= 0.3 is 0 Å². The van der Waals surface area contributed by atoms with Gasteiger partial charge in [-0.15, -0.1) is 0 Å². The average molecular weight is 476 g/mol. The van der Waals surface area contributed by atoms with Gasteiger partial charge in [0.25, 0.3) is 0 Å². The second kappa shape index (κ2) is 17.5. The van der Waals surface area contributed by atoms with Crippen molar-refractivity contribution < 1.29 is 28.5 Å². The van der Waals surface area contributed by atoms with Crippen LogP contribution < -0.4 is 24.0 Å². The van der Waals surface area contributed by atoms with E-state index in [1.54, 1.807) is 0 Å². The van der Waals surface area contributed by atoms with E-state index < -0.39 is 0 Å². The Hall–Kier alpha value is 1.17. The summed E-state index contributed by atoms with van der Waals surface area (Å²) in [5, 5.41) is 1.16. The highest BCUT2D eigenvalue weighted by molar-refractivity contribution is 9.09. The predicted octanol–water partition coefficient (Wildman–Crippen LogP) is 3.16. The summed E-state index contributed by atoms with van der Waals surface area (Å²) in [7, 11) is 2.49. The molecule has 130 valence electrons. The molecule has 0 aliphatic carbocycles. The van der Waals surface area contributed by atoms with Gasteiger partial charge in [0.05, 0.1) is 26.7 Å². The summed E-state index contributed by atoms with van der Waals surface area (Å²) in [5.41, 5.74) is 0. The van der Waals surface area contributed by atoms with Crippen LogP contribution in [0.3, 0.4) is 0 Å². The highest BCUT2D eigenvalue weighted by Crippen LogP contribution is 2.14. The Morgan fingerprint density at radius 1 is 0.619 bits per heavy atom. The normalized spacial score (nSPS) is 11.4. The van der Waals surface area contributed by atoms with Crippen LogP contribution in [0.4, 0.5) is 0 Å². The molecule has 0 atom stereocenters. The third-order valence-corrected chi connectivity index (χ3v) is 5.00. The van der Waals surface area contributed by atoms with Crippen molar-refractivity contribution in [1.82, 2.24) is 0 Å². The van der Waals surface area contributed by atoms with Crippen LogP contribution in [0.5, 0.6) is 0 Å². The van der Waals surface area contributed by atoms with E-state index in [0.717, 1.165) is 5.33 Å². The van der Waals surface area contributed by atoms with Crippen molar-refractivity contribution in [3.8, 4) is 0 Å². The van der Waals surface area contributed by atoms with E-state index in [2.05, 4.69) is 36.8 Å². The van der Waals surface area contributed by atoms with Crippen molar-refractivity contribution in [2.24, 2.45) is 0 Å². The first-order valence-electron chi connectivity index (χ1n) is 9.08. The Bertz CT molecular complexity index is 186. The molecule has 0 saturated heterocycles. The first-order chi connectivity index (χ1) is 9.68. The van der Waals surface area contributed by atoms with Gasteiger partial charge in [-0.1, -0.05) is 68.3 Å². The van der Waals surface area contributed by atoms with Crippen molar-refractivity contribution in [2.45, 2.75) is 84.5 Å². The largest absolute Gasteiger partial charge is 1.00 e. The molecule has 0 aromatic rings. The number of halogens is 2. The molecule has 0 bridgehead atoms.